The first-order valence-electron chi connectivity index (χ1n) is 6.33. The molecule has 5 heteroatoms. The maximum atomic E-state index is 11.5. The number of carbonyl (C=O) groups is 1. The Labute approximate surface area is 107 Å². The van der Waals surface area contributed by atoms with Gasteiger partial charge in [-0.1, -0.05) is 0 Å². The van der Waals surface area contributed by atoms with Crippen molar-refractivity contribution in [3.8, 4) is 0 Å². The molecule has 0 unspecified atom stereocenters. The second kappa shape index (κ2) is 5.82. The van der Waals surface area contributed by atoms with E-state index in [4.69, 9.17) is 5.73 Å². The summed E-state index contributed by atoms with van der Waals surface area (Å²) in [4.78, 5) is 17.9. The predicted molar refractivity (Wildman–Crippen MR) is 70.7 cm³/mol. The lowest BCUT2D eigenvalue weighted by atomic mass is 9.96. The van der Waals surface area contributed by atoms with Gasteiger partial charge in [-0.05, 0) is 43.6 Å². The highest BCUT2D eigenvalue weighted by molar-refractivity contribution is 5.78. The summed E-state index contributed by atoms with van der Waals surface area (Å²) in [6.07, 6.45) is 3.60. The molecule has 1 saturated heterocycles. The van der Waals surface area contributed by atoms with Crippen LogP contribution in [-0.4, -0.2) is 35.9 Å². The number of amides is 1. The highest BCUT2D eigenvalue weighted by atomic mass is 16.1. The van der Waals surface area contributed by atoms with Gasteiger partial charge in [-0.25, -0.2) is 4.98 Å². The fraction of sp³-hybridized carbons (Fsp3) is 0.538. The van der Waals surface area contributed by atoms with Crippen LogP contribution in [0.1, 0.15) is 18.4 Å². The summed E-state index contributed by atoms with van der Waals surface area (Å²) in [5, 5.41) is 2.72. The summed E-state index contributed by atoms with van der Waals surface area (Å²) in [5.74, 6) is 0.907. The number of nitrogens with zero attached hydrogens (tertiary/aromatic N) is 2. The standard InChI is InChI=1S/C13H20N4O/c1-15-13(18)11-3-6-17(7-4-11)9-10-2-5-16-12(14)8-10/h2,5,8,11H,3-4,6-7,9H2,1H3,(H2,14,16)(H,15,18). The molecule has 1 amide bonds. The number of likely N-dealkylation sites (tertiary alicyclic amines) is 1. The number of nitrogens with one attached hydrogen (secondary N) is 1. The van der Waals surface area contributed by atoms with Crippen molar-refractivity contribution in [1.29, 1.82) is 0 Å². The van der Waals surface area contributed by atoms with Crippen molar-refractivity contribution in [2.75, 3.05) is 25.9 Å². The molecule has 1 aliphatic rings. The molecule has 1 aromatic heterocycles. The van der Waals surface area contributed by atoms with Gasteiger partial charge in [-0.15, -0.1) is 0 Å². The number of hydrogen-bond donors (Lipinski definition) is 2. The zero-order chi connectivity index (χ0) is 13.0. The molecule has 1 aromatic rings. The smallest absolute Gasteiger partial charge is 0.222 e. The first kappa shape index (κ1) is 12.8. The fourth-order valence-corrected chi connectivity index (χ4v) is 2.41. The molecule has 0 spiro atoms. The minimum Gasteiger partial charge on any atom is -0.384 e. The molecule has 1 aliphatic heterocycles. The predicted octanol–water partition coefficient (Wildman–Crippen LogP) is 0.622. The molecule has 0 radical (unpaired) electrons. The minimum absolute atomic E-state index is 0.169. The Morgan fingerprint density at radius 3 is 2.89 bits per heavy atom. The number of pyridine rings is 1. The molecule has 2 rings (SSSR count). The van der Waals surface area contributed by atoms with Gasteiger partial charge in [0.2, 0.25) is 5.91 Å². The zero-order valence-corrected chi connectivity index (χ0v) is 10.7. The number of piperidine rings is 1. The largest absolute Gasteiger partial charge is 0.384 e. The van der Waals surface area contributed by atoms with Gasteiger partial charge in [0, 0.05) is 25.7 Å². The first-order valence-corrected chi connectivity index (χ1v) is 6.33. The normalized spacial score (nSPS) is 17.6. The lowest BCUT2D eigenvalue weighted by Crippen LogP contribution is -2.39. The van der Waals surface area contributed by atoms with E-state index in [1.165, 1.54) is 5.56 Å². The molecule has 2 heterocycles. The monoisotopic (exact) mass is 248 g/mol. The first-order chi connectivity index (χ1) is 8.69. The summed E-state index contributed by atoms with van der Waals surface area (Å²) in [7, 11) is 1.70. The molecular formula is C13H20N4O. The van der Waals surface area contributed by atoms with E-state index in [9.17, 15) is 4.79 Å². The van der Waals surface area contributed by atoms with E-state index in [-0.39, 0.29) is 11.8 Å². The topological polar surface area (TPSA) is 71.2 Å². The van der Waals surface area contributed by atoms with Gasteiger partial charge in [0.05, 0.1) is 0 Å². The Kier molecular flexibility index (Phi) is 4.15. The summed E-state index contributed by atoms with van der Waals surface area (Å²) < 4.78 is 0. The van der Waals surface area contributed by atoms with Crippen LogP contribution in [0.2, 0.25) is 0 Å². The highest BCUT2D eigenvalue weighted by Gasteiger charge is 2.23. The summed E-state index contributed by atoms with van der Waals surface area (Å²) >= 11 is 0. The van der Waals surface area contributed by atoms with Crippen molar-refractivity contribution in [3.05, 3.63) is 23.9 Å². The molecule has 18 heavy (non-hydrogen) atoms. The molecule has 98 valence electrons. The van der Waals surface area contributed by atoms with Crippen LogP contribution in [0.15, 0.2) is 18.3 Å². The number of nitrogens with two attached hydrogens (primary N) is 1. The van der Waals surface area contributed by atoms with Gasteiger partial charge in [0.1, 0.15) is 5.82 Å². The average Bonchev–Trinajstić information content (AvgIpc) is 2.39. The third-order valence-electron chi connectivity index (χ3n) is 3.46. The number of aromatic nitrogens is 1. The van der Waals surface area contributed by atoms with Crippen LogP contribution in [0.25, 0.3) is 0 Å². The van der Waals surface area contributed by atoms with Crippen LogP contribution >= 0.6 is 0 Å². The van der Waals surface area contributed by atoms with Gasteiger partial charge in [-0.3, -0.25) is 9.69 Å². The van der Waals surface area contributed by atoms with Gasteiger partial charge in [0.15, 0.2) is 0 Å². The molecule has 3 N–H and O–H groups in total. The number of rotatable bonds is 3. The maximum Gasteiger partial charge on any atom is 0.222 e. The van der Waals surface area contributed by atoms with E-state index in [0.717, 1.165) is 32.5 Å². The molecule has 0 aliphatic carbocycles. The Hall–Kier alpha value is -1.62. The van der Waals surface area contributed by atoms with Crippen LogP contribution in [-0.2, 0) is 11.3 Å². The van der Waals surface area contributed by atoms with E-state index in [1.807, 2.05) is 12.1 Å². The number of anilines is 1. The summed E-state index contributed by atoms with van der Waals surface area (Å²) in [6, 6.07) is 3.89. The second-order valence-corrected chi connectivity index (χ2v) is 4.75. The second-order valence-electron chi connectivity index (χ2n) is 4.75. The van der Waals surface area contributed by atoms with E-state index < -0.39 is 0 Å². The van der Waals surface area contributed by atoms with Crippen LogP contribution in [0.5, 0.6) is 0 Å². The Bertz CT molecular complexity index is 413. The lowest BCUT2D eigenvalue weighted by molar-refractivity contribution is -0.125. The number of carbonyl (C=O) groups excluding carboxylic acids is 1. The quantitative estimate of drug-likeness (QED) is 0.822. The van der Waals surface area contributed by atoms with Crippen molar-refractivity contribution in [2.45, 2.75) is 19.4 Å². The Morgan fingerprint density at radius 2 is 2.28 bits per heavy atom. The third-order valence-corrected chi connectivity index (χ3v) is 3.46. The zero-order valence-electron chi connectivity index (χ0n) is 10.7. The summed E-state index contributed by atoms with van der Waals surface area (Å²) in [5.41, 5.74) is 6.84. The van der Waals surface area contributed by atoms with Gasteiger partial charge < -0.3 is 11.1 Å². The molecule has 5 nitrogen and oxygen atoms in total. The van der Waals surface area contributed by atoms with E-state index in [2.05, 4.69) is 15.2 Å². The van der Waals surface area contributed by atoms with Crippen LogP contribution in [0.3, 0.4) is 0 Å². The van der Waals surface area contributed by atoms with E-state index in [1.54, 1.807) is 13.2 Å². The van der Waals surface area contributed by atoms with E-state index in [0.29, 0.717) is 5.82 Å². The third kappa shape index (κ3) is 3.20. The summed E-state index contributed by atoms with van der Waals surface area (Å²) in [6.45, 7) is 2.80. The van der Waals surface area contributed by atoms with Crippen molar-refractivity contribution in [2.24, 2.45) is 5.92 Å². The van der Waals surface area contributed by atoms with E-state index >= 15 is 0 Å². The van der Waals surface area contributed by atoms with Crippen molar-refractivity contribution in [3.63, 3.8) is 0 Å². The molecule has 1 fully saturated rings. The van der Waals surface area contributed by atoms with Crippen LogP contribution in [0, 0.1) is 5.92 Å². The molecule has 0 saturated carbocycles. The maximum absolute atomic E-state index is 11.5. The van der Waals surface area contributed by atoms with Crippen LogP contribution in [0.4, 0.5) is 5.82 Å². The van der Waals surface area contributed by atoms with Gasteiger partial charge in [-0.2, -0.15) is 0 Å². The van der Waals surface area contributed by atoms with Crippen molar-refractivity contribution >= 4 is 11.7 Å². The van der Waals surface area contributed by atoms with Gasteiger partial charge in [0.25, 0.3) is 0 Å². The molecule has 0 atom stereocenters. The Balaban J connectivity index is 1.85. The molecule has 0 bridgehead atoms. The van der Waals surface area contributed by atoms with Crippen molar-refractivity contribution < 1.29 is 4.79 Å². The van der Waals surface area contributed by atoms with Crippen LogP contribution < -0.4 is 11.1 Å². The number of nitrogen functional groups attached to an aromatic ring is 1. The average molecular weight is 248 g/mol. The van der Waals surface area contributed by atoms with Gasteiger partial charge >= 0.3 is 0 Å². The lowest BCUT2D eigenvalue weighted by Gasteiger charge is -2.31. The fourth-order valence-electron chi connectivity index (χ4n) is 2.41. The number of hydrogen-bond acceptors (Lipinski definition) is 4. The SMILES string of the molecule is CNC(=O)C1CCN(Cc2ccnc(N)c2)CC1. The highest BCUT2D eigenvalue weighted by Crippen LogP contribution is 2.19. The molecular weight excluding hydrogens is 228 g/mol. The Morgan fingerprint density at radius 1 is 1.56 bits per heavy atom. The van der Waals surface area contributed by atoms with Crippen molar-refractivity contribution in [1.82, 2.24) is 15.2 Å². The minimum atomic E-state index is 0.169. The molecule has 0 aromatic carbocycles.